The van der Waals surface area contributed by atoms with Crippen molar-refractivity contribution >= 4 is 16.7 Å². The van der Waals surface area contributed by atoms with Gasteiger partial charge < -0.3 is 9.84 Å². The normalized spacial score (nSPS) is 10.8. The van der Waals surface area contributed by atoms with E-state index in [1.54, 1.807) is 0 Å². The van der Waals surface area contributed by atoms with Crippen molar-refractivity contribution in [3.8, 4) is 5.75 Å². The molecule has 128 valence electrons. The molecule has 0 atom stereocenters. The summed E-state index contributed by atoms with van der Waals surface area (Å²) in [6, 6.07) is 15.6. The minimum Gasteiger partial charge on any atom is -0.483 e. The van der Waals surface area contributed by atoms with Gasteiger partial charge in [-0.2, -0.15) is 0 Å². The molecule has 0 radical (unpaired) electrons. The second-order valence-electron chi connectivity index (χ2n) is 5.71. The Morgan fingerprint density at radius 3 is 2.40 bits per heavy atom. The van der Waals surface area contributed by atoms with Gasteiger partial charge in [0.1, 0.15) is 6.61 Å². The topological polar surface area (TPSA) is 46.5 Å². The van der Waals surface area contributed by atoms with Gasteiger partial charge >= 0.3 is 5.97 Å². The first-order chi connectivity index (χ1) is 12.0. The number of aliphatic carboxylic acids is 1. The van der Waals surface area contributed by atoms with Gasteiger partial charge in [0.25, 0.3) is 0 Å². The summed E-state index contributed by atoms with van der Waals surface area (Å²) in [7, 11) is 0. The quantitative estimate of drug-likeness (QED) is 0.705. The van der Waals surface area contributed by atoms with Crippen LogP contribution in [0.15, 0.2) is 54.6 Å². The van der Waals surface area contributed by atoms with Gasteiger partial charge in [0.2, 0.25) is 0 Å². The third-order valence-electron chi connectivity index (χ3n) is 3.94. The van der Waals surface area contributed by atoms with Crippen LogP contribution in [0, 0.1) is 11.6 Å². The van der Waals surface area contributed by atoms with E-state index in [9.17, 15) is 13.6 Å². The highest BCUT2D eigenvalue weighted by atomic mass is 19.1. The maximum Gasteiger partial charge on any atom is 0.303 e. The van der Waals surface area contributed by atoms with Crippen LogP contribution in [0.3, 0.4) is 0 Å². The molecule has 3 aromatic rings. The van der Waals surface area contributed by atoms with Crippen molar-refractivity contribution in [1.29, 1.82) is 0 Å². The molecular formula is C20H16F2O3. The molecule has 0 aromatic heterocycles. The first-order valence-corrected chi connectivity index (χ1v) is 7.84. The van der Waals surface area contributed by atoms with Crippen LogP contribution in [0.25, 0.3) is 10.8 Å². The summed E-state index contributed by atoms with van der Waals surface area (Å²) < 4.78 is 33.7. The number of rotatable bonds is 6. The van der Waals surface area contributed by atoms with Crippen molar-refractivity contribution in [2.45, 2.75) is 19.4 Å². The Labute approximate surface area is 143 Å². The first kappa shape index (κ1) is 16.9. The molecule has 3 nitrogen and oxygen atoms in total. The first-order valence-electron chi connectivity index (χ1n) is 7.84. The van der Waals surface area contributed by atoms with Crippen molar-refractivity contribution in [2.24, 2.45) is 0 Å². The van der Waals surface area contributed by atoms with Gasteiger partial charge in [0, 0.05) is 6.42 Å². The second-order valence-corrected chi connectivity index (χ2v) is 5.71. The molecule has 3 aromatic carbocycles. The second kappa shape index (κ2) is 7.30. The third kappa shape index (κ3) is 3.94. The van der Waals surface area contributed by atoms with Crippen LogP contribution in [0.5, 0.6) is 5.75 Å². The maximum atomic E-state index is 14.1. The molecule has 0 spiro atoms. The largest absolute Gasteiger partial charge is 0.483 e. The predicted molar refractivity (Wildman–Crippen MR) is 90.6 cm³/mol. The molecule has 0 heterocycles. The van der Waals surface area contributed by atoms with Gasteiger partial charge in [0.05, 0.1) is 0 Å². The van der Waals surface area contributed by atoms with Crippen LogP contribution < -0.4 is 4.74 Å². The molecule has 0 fully saturated rings. The zero-order valence-electron chi connectivity index (χ0n) is 13.3. The predicted octanol–water partition coefficient (Wildman–Crippen LogP) is 4.71. The lowest BCUT2D eigenvalue weighted by Crippen LogP contribution is -2.03. The van der Waals surface area contributed by atoms with Gasteiger partial charge in [-0.3, -0.25) is 4.79 Å². The Morgan fingerprint density at radius 2 is 1.68 bits per heavy atom. The Morgan fingerprint density at radius 1 is 1.00 bits per heavy atom. The summed E-state index contributed by atoms with van der Waals surface area (Å²) in [6.07, 6.45) is -0.123. The molecule has 0 saturated heterocycles. The monoisotopic (exact) mass is 342 g/mol. The van der Waals surface area contributed by atoms with E-state index in [-0.39, 0.29) is 25.0 Å². The van der Waals surface area contributed by atoms with Crippen LogP contribution in [0.2, 0.25) is 0 Å². The Kier molecular flexibility index (Phi) is 4.93. The van der Waals surface area contributed by atoms with Gasteiger partial charge in [0.15, 0.2) is 17.4 Å². The molecule has 0 aliphatic carbocycles. The number of ether oxygens (including phenoxy) is 1. The fraction of sp³-hybridized carbons (Fsp3) is 0.150. The summed E-state index contributed by atoms with van der Waals surface area (Å²) in [5.74, 6) is -3.13. The van der Waals surface area contributed by atoms with Gasteiger partial charge in [-0.15, -0.1) is 0 Å². The van der Waals surface area contributed by atoms with E-state index in [2.05, 4.69) is 0 Å². The van der Waals surface area contributed by atoms with E-state index < -0.39 is 23.4 Å². The van der Waals surface area contributed by atoms with Gasteiger partial charge in [-0.25, -0.2) is 8.78 Å². The van der Waals surface area contributed by atoms with Crippen molar-refractivity contribution in [2.75, 3.05) is 0 Å². The highest BCUT2D eigenvalue weighted by Gasteiger charge is 2.14. The molecule has 5 heteroatoms. The number of hydrogen-bond donors (Lipinski definition) is 1. The zero-order chi connectivity index (χ0) is 17.8. The summed E-state index contributed by atoms with van der Waals surface area (Å²) in [6.45, 7) is 0.0314. The highest BCUT2D eigenvalue weighted by Crippen LogP contribution is 2.26. The van der Waals surface area contributed by atoms with Crippen molar-refractivity contribution < 1.29 is 23.4 Å². The summed E-state index contributed by atoms with van der Waals surface area (Å²) in [5, 5.41) is 10.6. The molecule has 3 rings (SSSR count). The fourth-order valence-electron chi connectivity index (χ4n) is 2.71. The van der Waals surface area contributed by atoms with E-state index in [4.69, 9.17) is 9.84 Å². The lowest BCUT2D eigenvalue weighted by molar-refractivity contribution is -0.136. The number of carboxylic acids is 1. The molecule has 0 amide bonds. The number of aryl methyl sites for hydroxylation is 1. The standard InChI is InChI=1S/C20H16F2O3/c21-17-10-13(8-9-19(23)24)11-18(22)20(17)25-12-15-6-3-5-14-4-1-2-7-16(14)15/h1-7,10-11H,8-9,12H2,(H,23,24). The molecule has 1 N–H and O–H groups in total. The molecule has 0 aliphatic rings. The lowest BCUT2D eigenvalue weighted by atomic mass is 10.1. The van der Waals surface area contributed by atoms with Gasteiger partial charge in [-0.05, 0) is 40.5 Å². The van der Waals surface area contributed by atoms with Gasteiger partial charge in [-0.1, -0.05) is 42.5 Å². The SMILES string of the molecule is O=C(O)CCc1cc(F)c(OCc2cccc3ccccc23)c(F)c1. The Bertz CT molecular complexity index is 893. The Hall–Kier alpha value is -2.95. The third-order valence-corrected chi connectivity index (χ3v) is 3.94. The fourth-order valence-corrected chi connectivity index (χ4v) is 2.71. The van der Waals surface area contributed by atoms with Crippen LogP contribution in [-0.4, -0.2) is 11.1 Å². The average molecular weight is 342 g/mol. The molecule has 0 bridgehead atoms. The number of benzene rings is 3. The van der Waals surface area contributed by atoms with Crippen LogP contribution >= 0.6 is 0 Å². The zero-order valence-corrected chi connectivity index (χ0v) is 13.3. The summed E-state index contributed by atoms with van der Waals surface area (Å²) in [5.41, 5.74) is 1.11. The molecular weight excluding hydrogens is 326 g/mol. The molecule has 0 aliphatic heterocycles. The summed E-state index contributed by atoms with van der Waals surface area (Å²) >= 11 is 0. The summed E-state index contributed by atoms with van der Waals surface area (Å²) in [4.78, 5) is 10.6. The van der Waals surface area contributed by atoms with E-state index in [0.717, 1.165) is 28.5 Å². The number of carboxylic acid groups (broad SMARTS) is 1. The maximum absolute atomic E-state index is 14.1. The highest BCUT2D eigenvalue weighted by molar-refractivity contribution is 5.85. The van der Waals surface area contributed by atoms with E-state index >= 15 is 0 Å². The van der Waals surface area contributed by atoms with E-state index in [0.29, 0.717) is 0 Å². The number of halogens is 2. The average Bonchev–Trinajstić information content (AvgIpc) is 2.59. The molecule has 0 saturated carbocycles. The van der Waals surface area contributed by atoms with E-state index in [1.165, 1.54) is 0 Å². The smallest absolute Gasteiger partial charge is 0.303 e. The van der Waals surface area contributed by atoms with Crippen molar-refractivity contribution in [3.63, 3.8) is 0 Å². The minimum atomic E-state index is -1.02. The Balaban J connectivity index is 1.80. The van der Waals surface area contributed by atoms with Crippen LogP contribution in [0.4, 0.5) is 8.78 Å². The minimum absolute atomic E-state index is 0.0314. The molecule has 0 unspecified atom stereocenters. The van der Waals surface area contributed by atoms with Crippen molar-refractivity contribution in [1.82, 2.24) is 0 Å². The molecule has 25 heavy (non-hydrogen) atoms. The van der Waals surface area contributed by atoms with Crippen molar-refractivity contribution in [3.05, 3.63) is 77.4 Å². The number of hydrogen-bond acceptors (Lipinski definition) is 2. The van der Waals surface area contributed by atoms with E-state index in [1.807, 2.05) is 42.5 Å². The van der Waals surface area contributed by atoms with Crippen LogP contribution in [-0.2, 0) is 17.8 Å². The number of fused-ring (bicyclic) bond motifs is 1. The number of carbonyl (C=O) groups is 1. The van der Waals surface area contributed by atoms with Crippen LogP contribution in [0.1, 0.15) is 17.5 Å². The lowest BCUT2D eigenvalue weighted by Gasteiger charge is -2.11.